The third-order valence-electron chi connectivity index (χ3n) is 4.40. The van der Waals surface area contributed by atoms with Crippen LogP contribution in [0, 0.1) is 0 Å². The fraction of sp³-hybridized carbons (Fsp3) is 0.200. The van der Waals surface area contributed by atoms with Gasteiger partial charge in [0.2, 0.25) is 5.88 Å². The van der Waals surface area contributed by atoms with E-state index in [0.717, 1.165) is 30.4 Å². The van der Waals surface area contributed by atoms with E-state index in [1.807, 2.05) is 12.3 Å². The number of hydrogen-bond acceptors (Lipinski definition) is 5. The average molecular weight is 361 g/mol. The van der Waals surface area contributed by atoms with Gasteiger partial charge in [0.15, 0.2) is 0 Å². The zero-order chi connectivity index (χ0) is 18.6. The molecule has 0 fully saturated rings. The lowest BCUT2D eigenvalue weighted by Gasteiger charge is -2.06. The van der Waals surface area contributed by atoms with E-state index in [1.54, 1.807) is 24.4 Å². The van der Waals surface area contributed by atoms with E-state index < -0.39 is 0 Å². The number of methoxy groups -OCH3 is 1. The molecule has 0 saturated carbocycles. The van der Waals surface area contributed by atoms with Crippen molar-refractivity contribution < 1.29 is 9.53 Å². The summed E-state index contributed by atoms with van der Waals surface area (Å²) in [5, 5.41) is 3.97. The Kier molecular flexibility index (Phi) is 4.65. The van der Waals surface area contributed by atoms with Crippen LogP contribution in [0.4, 0.5) is 5.82 Å². The van der Waals surface area contributed by atoms with Gasteiger partial charge in [-0.05, 0) is 29.7 Å². The summed E-state index contributed by atoms with van der Waals surface area (Å²) < 4.78 is 5.04. The zero-order valence-corrected chi connectivity index (χ0v) is 14.9. The molecule has 3 aromatic heterocycles. The third-order valence-corrected chi connectivity index (χ3v) is 4.40. The van der Waals surface area contributed by atoms with Crippen LogP contribution in [0.2, 0.25) is 0 Å². The van der Waals surface area contributed by atoms with Crippen molar-refractivity contribution in [2.24, 2.45) is 4.99 Å². The first kappa shape index (κ1) is 17.0. The Hall–Kier alpha value is -3.48. The molecule has 0 unspecified atom stereocenters. The van der Waals surface area contributed by atoms with Crippen molar-refractivity contribution in [3.63, 3.8) is 0 Å². The highest BCUT2D eigenvalue weighted by atomic mass is 16.5. The number of carbonyl (C=O) groups is 1. The molecule has 0 saturated heterocycles. The van der Waals surface area contributed by atoms with Crippen LogP contribution in [0.5, 0.6) is 5.88 Å². The van der Waals surface area contributed by atoms with Crippen LogP contribution in [0.3, 0.4) is 0 Å². The third kappa shape index (κ3) is 3.72. The summed E-state index contributed by atoms with van der Waals surface area (Å²) in [6.07, 6.45) is 9.27. The quantitative estimate of drug-likeness (QED) is 0.720. The number of hydrogen-bond donors (Lipinski definition) is 2. The molecule has 0 radical (unpaired) electrons. The lowest BCUT2D eigenvalue weighted by atomic mass is 10.1. The second-order valence-corrected chi connectivity index (χ2v) is 6.22. The van der Waals surface area contributed by atoms with Gasteiger partial charge in [-0.1, -0.05) is 12.1 Å². The number of ether oxygens (including phenoxy) is 1. The van der Waals surface area contributed by atoms with Crippen LogP contribution in [0.1, 0.15) is 27.9 Å². The molecule has 7 nitrogen and oxygen atoms in total. The van der Waals surface area contributed by atoms with Gasteiger partial charge in [0, 0.05) is 48.4 Å². The van der Waals surface area contributed by atoms with Gasteiger partial charge in [0.05, 0.1) is 7.11 Å². The standard InChI is InChI=1S/C20H19N5O2/c1-27-18-10-14(6-8-21-18)20(26)25-17-5-4-13(11-23-17)9-15-12-24-19-16(15)3-2-7-22-19/h3-6,8,10-12H,2,7,9H2,1H3,(H,22,24)(H,23,25,26). The maximum Gasteiger partial charge on any atom is 0.257 e. The van der Waals surface area contributed by atoms with E-state index in [1.165, 1.54) is 24.1 Å². The van der Waals surface area contributed by atoms with Crippen LogP contribution in [-0.2, 0) is 6.42 Å². The van der Waals surface area contributed by atoms with Crippen LogP contribution in [0.25, 0.3) is 6.08 Å². The average Bonchev–Trinajstić information content (AvgIpc) is 3.12. The summed E-state index contributed by atoms with van der Waals surface area (Å²) in [7, 11) is 1.51. The van der Waals surface area contributed by atoms with Crippen LogP contribution in [-0.4, -0.2) is 34.5 Å². The number of amides is 1. The molecule has 0 aliphatic carbocycles. The fourth-order valence-electron chi connectivity index (χ4n) is 3.03. The number of H-pyrrole nitrogens is 1. The number of anilines is 1. The van der Waals surface area contributed by atoms with Crippen LogP contribution in [0.15, 0.2) is 47.8 Å². The molecule has 0 bridgehead atoms. The van der Waals surface area contributed by atoms with Crippen molar-refractivity contribution >= 4 is 17.8 Å². The van der Waals surface area contributed by atoms with Gasteiger partial charge in [-0.25, -0.2) is 9.97 Å². The maximum absolute atomic E-state index is 12.3. The summed E-state index contributed by atoms with van der Waals surface area (Å²) in [5.74, 6) is 0.633. The molecule has 2 N–H and O–H groups in total. The molecule has 27 heavy (non-hydrogen) atoms. The predicted octanol–water partition coefficient (Wildman–Crippen LogP) is 1.46. The summed E-state index contributed by atoms with van der Waals surface area (Å²) in [6, 6.07) is 6.98. The van der Waals surface area contributed by atoms with Gasteiger partial charge in [0.1, 0.15) is 11.3 Å². The number of pyridine rings is 2. The highest BCUT2D eigenvalue weighted by Crippen LogP contribution is 2.12. The molecule has 0 aromatic carbocycles. The zero-order valence-electron chi connectivity index (χ0n) is 14.9. The van der Waals surface area contributed by atoms with Gasteiger partial charge in [-0.15, -0.1) is 0 Å². The van der Waals surface area contributed by atoms with E-state index >= 15 is 0 Å². The van der Waals surface area contributed by atoms with Gasteiger partial charge >= 0.3 is 0 Å². The molecule has 136 valence electrons. The lowest BCUT2D eigenvalue weighted by Crippen LogP contribution is -2.28. The number of fused-ring (bicyclic) bond motifs is 1. The van der Waals surface area contributed by atoms with Gasteiger partial charge in [-0.2, -0.15) is 0 Å². The molecule has 7 heteroatoms. The first-order valence-corrected chi connectivity index (χ1v) is 8.70. The summed E-state index contributed by atoms with van der Waals surface area (Å²) in [6.45, 7) is 0.840. The highest BCUT2D eigenvalue weighted by Gasteiger charge is 2.09. The lowest BCUT2D eigenvalue weighted by molar-refractivity contribution is 0.102. The van der Waals surface area contributed by atoms with Crippen molar-refractivity contribution in [1.29, 1.82) is 0 Å². The molecular weight excluding hydrogens is 342 g/mol. The highest BCUT2D eigenvalue weighted by molar-refractivity contribution is 6.03. The topological polar surface area (TPSA) is 92.3 Å². The van der Waals surface area contributed by atoms with E-state index in [-0.39, 0.29) is 5.91 Å². The molecule has 4 heterocycles. The number of aromatic amines is 1. The Bertz CT molecular complexity index is 1090. The van der Waals surface area contributed by atoms with Crippen LogP contribution >= 0.6 is 0 Å². The SMILES string of the molecule is COc1cc(C(=O)Nc2ccc(Cc3c[nH]c4c3=CCCN=4)cn2)ccn1. The number of nitrogens with zero attached hydrogens (tertiary/aromatic N) is 3. The molecule has 1 aliphatic heterocycles. The van der Waals surface area contributed by atoms with Crippen molar-refractivity contribution in [3.05, 3.63) is 70.3 Å². The number of rotatable bonds is 5. The summed E-state index contributed by atoms with van der Waals surface area (Å²) in [5.41, 5.74) is 3.70. The minimum atomic E-state index is -0.258. The van der Waals surface area contributed by atoms with Crippen molar-refractivity contribution in [1.82, 2.24) is 15.0 Å². The van der Waals surface area contributed by atoms with Crippen LogP contribution < -0.4 is 20.8 Å². The second kappa shape index (κ2) is 7.41. The monoisotopic (exact) mass is 361 g/mol. The second-order valence-electron chi connectivity index (χ2n) is 6.22. The fourth-order valence-corrected chi connectivity index (χ4v) is 3.03. The predicted molar refractivity (Wildman–Crippen MR) is 101 cm³/mol. The van der Waals surface area contributed by atoms with Crippen molar-refractivity contribution in [3.8, 4) is 5.88 Å². The molecular formula is C20H19N5O2. The molecule has 1 aliphatic rings. The van der Waals surface area contributed by atoms with E-state index in [0.29, 0.717) is 17.3 Å². The molecule has 4 rings (SSSR count). The number of aromatic nitrogens is 3. The number of nitrogens with one attached hydrogen (secondary N) is 2. The molecule has 3 aromatic rings. The first-order chi connectivity index (χ1) is 13.2. The van der Waals surface area contributed by atoms with E-state index in [9.17, 15) is 4.79 Å². The van der Waals surface area contributed by atoms with Crippen molar-refractivity contribution in [2.45, 2.75) is 12.8 Å². The largest absolute Gasteiger partial charge is 0.481 e. The Balaban J connectivity index is 1.46. The Morgan fingerprint density at radius 1 is 1.30 bits per heavy atom. The normalized spacial score (nSPS) is 12.5. The molecule has 0 atom stereocenters. The Morgan fingerprint density at radius 3 is 3.04 bits per heavy atom. The van der Waals surface area contributed by atoms with Crippen molar-refractivity contribution in [2.75, 3.05) is 19.0 Å². The summed E-state index contributed by atoms with van der Waals surface area (Å²) >= 11 is 0. The summed E-state index contributed by atoms with van der Waals surface area (Å²) in [4.78, 5) is 28.4. The Labute approximate surface area is 155 Å². The minimum absolute atomic E-state index is 0.258. The number of carbonyl (C=O) groups excluding carboxylic acids is 1. The van der Waals surface area contributed by atoms with Gasteiger partial charge < -0.3 is 15.0 Å². The first-order valence-electron chi connectivity index (χ1n) is 8.70. The van der Waals surface area contributed by atoms with E-state index in [2.05, 4.69) is 31.3 Å². The minimum Gasteiger partial charge on any atom is -0.481 e. The molecule has 0 spiro atoms. The van der Waals surface area contributed by atoms with E-state index in [4.69, 9.17) is 4.74 Å². The van der Waals surface area contributed by atoms with Gasteiger partial charge in [-0.3, -0.25) is 9.79 Å². The van der Waals surface area contributed by atoms with Gasteiger partial charge in [0.25, 0.3) is 5.91 Å². The molecule has 1 amide bonds. The smallest absolute Gasteiger partial charge is 0.257 e. The maximum atomic E-state index is 12.3. The Morgan fingerprint density at radius 2 is 2.22 bits per heavy atom.